The smallest absolute Gasteiger partial charge is 0.251 e. The largest absolute Gasteiger partial charge is 0.320 e. The molecule has 2 amide bonds. The standard InChI is InChI=1S/C16H20N2O2/c1-3-7-12(2)16(20)17-13-8-4-5-9-14(13)18-11-6-10-15(18)19/h4-5,7-9H,3,6,10-11H2,1-2H3,(H,17,20)/b12-7-. The van der Waals surface area contributed by atoms with Gasteiger partial charge in [0.15, 0.2) is 0 Å². The van der Waals surface area contributed by atoms with Gasteiger partial charge >= 0.3 is 0 Å². The Morgan fingerprint density at radius 1 is 1.40 bits per heavy atom. The van der Waals surface area contributed by atoms with Crippen LogP contribution in [0.3, 0.4) is 0 Å². The lowest BCUT2D eigenvalue weighted by Gasteiger charge is -2.20. The average molecular weight is 272 g/mol. The maximum absolute atomic E-state index is 12.1. The molecule has 1 aliphatic rings. The van der Waals surface area contributed by atoms with Gasteiger partial charge in [-0.3, -0.25) is 9.59 Å². The topological polar surface area (TPSA) is 49.4 Å². The molecule has 0 bridgehead atoms. The first kappa shape index (κ1) is 14.3. The van der Waals surface area contributed by atoms with Gasteiger partial charge in [0.2, 0.25) is 5.91 Å². The van der Waals surface area contributed by atoms with E-state index in [0.29, 0.717) is 17.7 Å². The van der Waals surface area contributed by atoms with Gasteiger partial charge in [-0.25, -0.2) is 0 Å². The minimum atomic E-state index is -0.119. The van der Waals surface area contributed by atoms with Gasteiger partial charge in [0.25, 0.3) is 5.91 Å². The van der Waals surface area contributed by atoms with Crippen LogP contribution in [-0.4, -0.2) is 18.4 Å². The molecule has 1 saturated heterocycles. The molecule has 0 radical (unpaired) electrons. The quantitative estimate of drug-likeness (QED) is 0.856. The Hall–Kier alpha value is -2.10. The molecule has 1 aliphatic heterocycles. The fourth-order valence-electron chi connectivity index (χ4n) is 2.34. The minimum absolute atomic E-state index is 0.118. The predicted molar refractivity (Wildman–Crippen MR) is 80.7 cm³/mol. The maximum atomic E-state index is 12.1. The van der Waals surface area contributed by atoms with E-state index in [4.69, 9.17) is 0 Å². The molecule has 1 fully saturated rings. The summed E-state index contributed by atoms with van der Waals surface area (Å²) in [5.74, 6) is -0.00142. The molecule has 0 spiro atoms. The molecule has 0 aliphatic carbocycles. The second-order valence-corrected chi connectivity index (χ2v) is 4.92. The zero-order valence-electron chi connectivity index (χ0n) is 12.0. The number of allylic oxidation sites excluding steroid dienone is 1. The summed E-state index contributed by atoms with van der Waals surface area (Å²) in [6.07, 6.45) is 4.16. The number of para-hydroxylation sites is 2. The van der Waals surface area contributed by atoms with Gasteiger partial charge in [0.1, 0.15) is 0 Å². The third-order valence-corrected chi connectivity index (χ3v) is 3.38. The predicted octanol–water partition coefficient (Wildman–Crippen LogP) is 3.11. The van der Waals surface area contributed by atoms with Crippen molar-refractivity contribution < 1.29 is 9.59 Å². The summed E-state index contributed by atoms with van der Waals surface area (Å²) in [4.78, 5) is 25.7. The first-order valence-corrected chi connectivity index (χ1v) is 7.01. The molecule has 0 unspecified atom stereocenters. The number of nitrogens with zero attached hydrogens (tertiary/aromatic N) is 1. The number of nitrogens with one attached hydrogen (secondary N) is 1. The summed E-state index contributed by atoms with van der Waals surface area (Å²) in [5.41, 5.74) is 2.17. The molecule has 20 heavy (non-hydrogen) atoms. The van der Waals surface area contributed by atoms with Gasteiger partial charge < -0.3 is 10.2 Å². The van der Waals surface area contributed by atoms with Crippen molar-refractivity contribution in [3.8, 4) is 0 Å². The van der Waals surface area contributed by atoms with Gasteiger partial charge in [0, 0.05) is 18.5 Å². The summed E-state index contributed by atoms with van der Waals surface area (Å²) in [6.45, 7) is 4.51. The van der Waals surface area contributed by atoms with E-state index in [1.807, 2.05) is 37.3 Å². The minimum Gasteiger partial charge on any atom is -0.320 e. The summed E-state index contributed by atoms with van der Waals surface area (Å²) in [6, 6.07) is 7.44. The van der Waals surface area contributed by atoms with E-state index in [2.05, 4.69) is 5.32 Å². The highest BCUT2D eigenvalue weighted by Gasteiger charge is 2.24. The number of carbonyl (C=O) groups excluding carboxylic acids is 2. The first-order chi connectivity index (χ1) is 9.63. The van der Waals surface area contributed by atoms with Crippen LogP contribution in [0.5, 0.6) is 0 Å². The number of benzene rings is 1. The van der Waals surface area contributed by atoms with Crippen LogP contribution in [0, 0.1) is 0 Å². The Balaban J connectivity index is 2.22. The SMILES string of the molecule is CC/C=C(/C)C(=O)Nc1ccccc1N1CCCC1=O. The van der Waals surface area contributed by atoms with E-state index in [-0.39, 0.29) is 11.8 Å². The number of hydrogen-bond acceptors (Lipinski definition) is 2. The van der Waals surface area contributed by atoms with Crippen LogP contribution in [0.1, 0.15) is 33.1 Å². The van der Waals surface area contributed by atoms with E-state index in [1.165, 1.54) is 0 Å². The molecule has 0 atom stereocenters. The Bertz CT molecular complexity index is 549. The van der Waals surface area contributed by atoms with Crippen LogP contribution < -0.4 is 10.2 Å². The van der Waals surface area contributed by atoms with Crippen molar-refractivity contribution in [3.63, 3.8) is 0 Å². The monoisotopic (exact) mass is 272 g/mol. The molecule has 0 aromatic heterocycles. The van der Waals surface area contributed by atoms with Crippen molar-refractivity contribution >= 4 is 23.2 Å². The summed E-state index contributed by atoms with van der Waals surface area (Å²) < 4.78 is 0. The Morgan fingerprint density at radius 2 is 2.15 bits per heavy atom. The van der Waals surface area contributed by atoms with Gasteiger partial charge in [0.05, 0.1) is 11.4 Å². The Kier molecular flexibility index (Phi) is 4.56. The third kappa shape index (κ3) is 3.07. The zero-order valence-corrected chi connectivity index (χ0v) is 12.0. The zero-order chi connectivity index (χ0) is 14.5. The van der Waals surface area contributed by atoms with E-state index >= 15 is 0 Å². The maximum Gasteiger partial charge on any atom is 0.251 e. The second-order valence-electron chi connectivity index (χ2n) is 4.92. The van der Waals surface area contributed by atoms with E-state index in [1.54, 1.807) is 11.8 Å². The lowest BCUT2D eigenvalue weighted by molar-refractivity contribution is -0.117. The van der Waals surface area contributed by atoms with Crippen LogP contribution in [0.15, 0.2) is 35.9 Å². The second kappa shape index (κ2) is 6.37. The molecular weight excluding hydrogens is 252 g/mol. The van der Waals surface area contributed by atoms with Crippen LogP contribution in [0.2, 0.25) is 0 Å². The molecule has 106 valence electrons. The van der Waals surface area contributed by atoms with Gasteiger partial charge in [-0.1, -0.05) is 25.1 Å². The van der Waals surface area contributed by atoms with Gasteiger partial charge in [-0.05, 0) is 31.9 Å². The average Bonchev–Trinajstić information content (AvgIpc) is 2.86. The molecule has 1 N–H and O–H groups in total. The lowest BCUT2D eigenvalue weighted by Crippen LogP contribution is -2.25. The Morgan fingerprint density at radius 3 is 2.80 bits per heavy atom. The molecule has 1 aromatic carbocycles. The molecule has 1 heterocycles. The molecule has 4 heteroatoms. The highest BCUT2D eigenvalue weighted by atomic mass is 16.2. The third-order valence-electron chi connectivity index (χ3n) is 3.38. The molecule has 2 rings (SSSR count). The Labute approximate surface area is 119 Å². The number of hydrogen-bond donors (Lipinski definition) is 1. The van der Waals surface area contributed by atoms with Crippen molar-refractivity contribution in [2.45, 2.75) is 33.1 Å². The number of rotatable bonds is 4. The van der Waals surface area contributed by atoms with Gasteiger partial charge in [-0.2, -0.15) is 0 Å². The summed E-state index contributed by atoms with van der Waals surface area (Å²) in [5, 5.41) is 2.89. The fraction of sp³-hybridized carbons (Fsp3) is 0.375. The van der Waals surface area contributed by atoms with Crippen LogP contribution in [0.4, 0.5) is 11.4 Å². The molecule has 4 nitrogen and oxygen atoms in total. The summed E-state index contributed by atoms with van der Waals surface area (Å²) in [7, 11) is 0. The van der Waals surface area contributed by atoms with Crippen molar-refractivity contribution in [2.24, 2.45) is 0 Å². The number of carbonyl (C=O) groups is 2. The van der Waals surface area contributed by atoms with Gasteiger partial charge in [-0.15, -0.1) is 0 Å². The van der Waals surface area contributed by atoms with E-state index in [9.17, 15) is 9.59 Å². The molecule has 0 saturated carbocycles. The number of amides is 2. The van der Waals surface area contributed by atoms with E-state index < -0.39 is 0 Å². The fourth-order valence-corrected chi connectivity index (χ4v) is 2.34. The lowest BCUT2D eigenvalue weighted by atomic mass is 10.2. The number of anilines is 2. The molecule has 1 aromatic rings. The van der Waals surface area contributed by atoms with Crippen molar-refractivity contribution in [1.29, 1.82) is 0 Å². The van der Waals surface area contributed by atoms with Crippen molar-refractivity contribution in [3.05, 3.63) is 35.9 Å². The van der Waals surface area contributed by atoms with Crippen molar-refractivity contribution in [1.82, 2.24) is 0 Å². The highest BCUT2D eigenvalue weighted by Crippen LogP contribution is 2.29. The first-order valence-electron chi connectivity index (χ1n) is 7.01. The highest BCUT2D eigenvalue weighted by molar-refractivity contribution is 6.07. The summed E-state index contributed by atoms with van der Waals surface area (Å²) >= 11 is 0. The van der Waals surface area contributed by atoms with Crippen LogP contribution >= 0.6 is 0 Å². The molecular formula is C16H20N2O2. The normalized spacial score (nSPS) is 15.6. The van der Waals surface area contributed by atoms with Crippen LogP contribution in [0.25, 0.3) is 0 Å². The van der Waals surface area contributed by atoms with Crippen LogP contribution in [-0.2, 0) is 9.59 Å². The van der Waals surface area contributed by atoms with E-state index in [0.717, 1.165) is 25.1 Å². The van der Waals surface area contributed by atoms with Crippen molar-refractivity contribution in [2.75, 3.05) is 16.8 Å².